The quantitative estimate of drug-likeness (QED) is 0.565. The van der Waals surface area contributed by atoms with Gasteiger partial charge in [-0.05, 0) is 73.0 Å². The minimum atomic E-state index is -0.271. The molecular weight excluding hydrogens is 429 g/mol. The molecule has 2 heterocycles. The Bertz CT molecular complexity index is 1120. The lowest BCUT2D eigenvalue weighted by Gasteiger charge is -2.21. The molecule has 6 bridgehead atoms. The lowest BCUT2D eigenvalue weighted by molar-refractivity contribution is -0.122. The number of carbonyl (C=O) groups is 1. The maximum Gasteiger partial charge on any atom is 0.234 e. The second-order valence-corrected chi connectivity index (χ2v) is 8.24. The fourth-order valence-electron chi connectivity index (χ4n) is 3.74. The molecule has 8 heteroatoms. The number of hydrogen-bond donors (Lipinski definition) is 2. The number of halogens is 2. The number of nitrogens with zero attached hydrogens (tertiary/aromatic N) is 3. The van der Waals surface area contributed by atoms with Gasteiger partial charge >= 0.3 is 0 Å². The lowest BCUT2D eigenvalue weighted by Crippen LogP contribution is -2.37. The van der Waals surface area contributed by atoms with Crippen LogP contribution in [0.15, 0.2) is 48.7 Å². The second-order valence-electron chi connectivity index (χ2n) is 7.80. The molecule has 0 saturated heterocycles. The number of carbonyl (C=O) groups excluding carboxylic acids is 1. The van der Waals surface area contributed by atoms with Gasteiger partial charge in [0.1, 0.15) is 11.6 Å². The molecule has 0 aliphatic carbocycles. The molecule has 1 aliphatic heterocycles. The van der Waals surface area contributed by atoms with Gasteiger partial charge in [-0.15, -0.1) is 0 Å². The van der Waals surface area contributed by atoms with Gasteiger partial charge < -0.3 is 10.6 Å². The van der Waals surface area contributed by atoms with Crippen molar-refractivity contribution in [2.75, 3.05) is 25.0 Å². The highest BCUT2D eigenvalue weighted by Crippen LogP contribution is 2.25. The van der Waals surface area contributed by atoms with Crippen molar-refractivity contribution >= 4 is 29.0 Å². The minimum Gasteiger partial charge on any atom is -0.355 e. The van der Waals surface area contributed by atoms with Crippen molar-refractivity contribution in [3.8, 4) is 11.4 Å². The topological polar surface area (TPSA) is 70.2 Å². The summed E-state index contributed by atoms with van der Waals surface area (Å²) in [6.07, 6.45) is 2.82. The standard InChI is InChI=1S/C24H25ClFN5O/c1-2-31-14-16-10-19(25)13-20(11-16)29-22-7-9-28-24(30-22)18-5-6-21(26)17(12-18)4-3-8-27-23(32)15-31/h5-7,9-13H,2-4,8,14-15H2,1H3,(H,27,32)(H,28,29,30). The van der Waals surface area contributed by atoms with Gasteiger partial charge in [-0.3, -0.25) is 9.69 Å². The number of nitrogens with one attached hydrogen (secondary N) is 2. The van der Waals surface area contributed by atoms with Crippen LogP contribution in [0.3, 0.4) is 0 Å². The molecule has 0 atom stereocenters. The van der Waals surface area contributed by atoms with Gasteiger partial charge in [0.15, 0.2) is 5.82 Å². The summed E-state index contributed by atoms with van der Waals surface area (Å²) in [5, 5.41) is 6.81. The minimum absolute atomic E-state index is 0.0501. The van der Waals surface area contributed by atoms with E-state index in [1.165, 1.54) is 6.07 Å². The predicted molar refractivity (Wildman–Crippen MR) is 124 cm³/mol. The molecule has 2 N–H and O–H groups in total. The van der Waals surface area contributed by atoms with E-state index in [0.29, 0.717) is 48.2 Å². The zero-order chi connectivity index (χ0) is 22.5. The van der Waals surface area contributed by atoms with E-state index < -0.39 is 0 Å². The van der Waals surface area contributed by atoms with Crippen LogP contribution in [-0.2, 0) is 17.8 Å². The summed E-state index contributed by atoms with van der Waals surface area (Å²) in [5.41, 5.74) is 3.10. The van der Waals surface area contributed by atoms with Gasteiger partial charge in [0.2, 0.25) is 5.91 Å². The smallest absolute Gasteiger partial charge is 0.234 e. The Labute approximate surface area is 191 Å². The van der Waals surface area contributed by atoms with Crippen LogP contribution >= 0.6 is 11.6 Å². The second kappa shape index (κ2) is 10.1. The number of amides is 1. The van der Waals surface area contributed by atoms with E-state index in [1.807, 2.05) is 30.0 Å². The van der Waals surface area contributed by atoms with Crippen LogP contribution in [0.5, 0.6) is 0 Å². The third kappa shape index (κ3) is 5.60. The summed E-state index contributed by atoms with van der Waals surface area (Å²) in [7, 11) is 0. The van der Waals surface area contributed by atoms with Crippen LogP contribution < -0.4 is 10.6 Å². The Morgan fingerprint density at radius 3 is 2.88 bits per heavy atom. The van der Waals surface area contributed by atoms with Crippen molar-refractivity contribution in [3.05, 3.63) is 70.6 Å². The first-order valence-electron chi connectivity index (χ1n) is 10.7. The maximum absolute atomic E-state index is 14.3. The number of hydrogen-bond acceptors (Lipinski definition) is 5. The first-order chi connectivity index (χ1) is 15.5. The summed E-state index contributed by atoms with van der Waals surface area (Å²) in [5.74, 6) is 0.797. The highest BCUT2D eigenvalue weighted by molar-refractivity contribution is 6.31. The Hall–Kier alpha value is -3.03. The van der Waals surface area contributed by atoms with Crippen molar-refractivity contribution in [1.29, 1.82) is 0 Å². The molecule has 6 nitrogen and oxygen atoms in total. The van der Waals surface area contributed by atoms with Crippen LogP contribution in [0.4, 0.5) is 15.9 Å². The first kappa shape index (κ1) is 22.2. The molecule has 2 aromatic carbocycles. The van der Waals surface area contributed by atoms with E-state index in [2.05, 4.69) is 20.6 Å². The number of aromatic nitrogens is 2. The molecule has 0 unspecified atom stereocenters. The van der Waals surface area contributed by atoms with Crippen LogP contribution in [0.1, 0.15) is 24.5 Å². The van der Waals surface area contributed by atoms with Gasteiger partial charge in [-0.2, -0.15) is 0 Å². The number of aryl methyl sites for hydroxylation is 1. The monoisotopic (exact) mass is 453 g/mol. The molecule has 1 aromatic heterocycles. The molecule has 0 radical (unpaired) electrons. The Morgan fingerprint density at radius 1 is 1.16 bits per heavy atom. The van der Waals surface area contributed by atoms with Crippen LogP contribution in [0.25, 0.3) is 11.4 Å². The SMILES string of the molecule is CCN1CC(=O)NCCCc2cc(ccc2F)-c2nccc(n2)Nc2cc(Cl)cc(c2)C1. The molecule has 4 rings (SSSR count). The van der Waals surface area contributed by atoms with Crippen molar-refractivity contribution in [2.24, 2.45) is 0 Å². The van der Waals surface area contributed by atoms with E-state index in [9.17, 15) is 9.18 Å². The highest BCUT2D eigenvalue weighted by atomic mass is 35.5. The number of benzene rings is 2. The van der Waals surface area contributed by atoms with Crippen molar-refractivity contribution in [2.45, 2.75) is 26.3 Å². The van der Waals surface area contributed by atoms with Gasteiger partial charge in [0, 0.05) is 35.6 Å². The summed E-state index contributed by atoms with van der Waals surface area (Å²) in [6.45, 7) is 4.09. The van der Waals surface area contributed by atoms with Crippen molar-refractivity contribution < 1.29 is 9.18 Å². The fraction of sp³-hybridized carbons (Fsp3) is 0.292. The normalized spacial score (nSPS) is 15.3. The average Bonchev–Trinajstić information content (AvgIpc) is 2.76. The van der Waals surface area contributed by atoms with Crippen molar-refractivity contribution in [1.82, 2.24) is 20.2 Å². The Morgan fingerprint density at radius 2 is 2.03 bits per heavy atom. The van der Waals surface area contributed by atoms with Gasteiger partial charge in [-0.1, -0.05) is 18.5 Å². The molecule has 166 valence electrons. The average molecular weight is 454 g/mol. The number of fused-ring (bicyclic) bond motifs is 7. The zero-order valence-corrected chi connectivity index (χ0v) is 18.6. The maximum atomic E-state index is 14.3. The fourth-order valence-corrected chi connectivity index (χ4v) is 4.00. The third-order valence-electron chi connectivity index (χ3n) is 5.36. The van der Waals surface area contributed by atoms with Gasteiger partial charge in [0.25, 0.3) is 0 Å². The van der Waals surface area contributed by atoms with Crippen LogP contribution in [0, 0.1) is 5.82 Å². The molecule has 32 heavy (non-hydrogen) atoms. The van der Waals surface area contributed by atoms with E-state index in [0.717, 1.165) is 23.4 Å². The molecule has 1 aliphatic rings. The van der Waals surface area contributed by atoms with Crippen LogP contribution in [0.2, 0.25) is 5.02 Å². The predicted octanol–water partition coefficient (Wildman–Crippen LogP) is 4.56. The molecule has 0 saturated carbocycles. The summed E-state index contributed by atoms with van der Waals surface area (Å²) in [6, 6.07) is 12.4. The number of likely N-dealkylation sites (N-methyl/N-ethyl adjacent to an activating group) is 1. The van der Waals surface area contributed by atoms with E-state index in [4.69, 9.17) is 11.6 Å². The van der Waals surface area contributed by atoms with E-state index >= 15 is 0 Å². The largest absolute Gasteiger partial charge is 0.355 e. The van der Waals surface area contributed by atoms with E-state index in [-0.39, 0.29) is 18.3 Å². The molecule has 0 fully saturated rings. The lowest BCUT2D eigenvalue weighted by atomic mass is 10.0. The van der Waals surface area contributed by atoms with Crippen LogP contribution in [-0.4, -0.2) is 40.4 Å². The van der Waals surface area contributed by atoms with Crippen molar-refractivity contribution in [3.63, 3.8) is 0 Å². The van der Waals surface area contributed by atoms with E-state index in [1.54, 1.807) is 24.4 Å². The number of anilines is 2. The molecular formula is C24H25ClFN5O. The third-order valence-corrected chi connectivity index (χ3v) is 5.57. The Balaban J connectivity index is 1.71. The molecule has 1 amide bonds. The highest BCUT2D eigenvalue weighted by Gasteiger charge is 2.13. The Kier molecular flexibility index (Phi) is 6.97. The first-order valence-corrected chi connectivity index (χ1v) is 11.1. The number of rotatable bonds is 1. The summed E-state index contributed by atoms with van der Waals surface area (Å²) in [4.78, 5) is 23.4. The van der Waals surface area contributed by atoms with Gasteiger partial charge in [0.05, 0.1) is 6.54 Å². The molecule has 0 spiro atoms. The molecule has 3 aromatic rings. The van der Waals surface area contributed by atoms with Gasteiger partial charge in [-0.25, -0.2) is 14.4 Å². The summed E-state index contributed by atoms with van der Waals surface area (Å²) < 4.78 is 14.3. The zero-order valence-electron chi connectivity index (χ0n) is 17.9. The summed E-state index contributed by atoms with van der Waals surface area (Å²) >= 11 is 6.36.